The fourth-order valence-corrected chi connectivity index (χ4v) is 3.49. The minimum Gasteiger partial charge on any atom is -0.481 e. The molecule has 0 spiro atoms. The average Bonchev–Trinajstić information content (AvgIpc) is 2.77. The molecule has 0 saturated heterocycles. The number of nitrogens with zero attached hydrogens (tertiary/aromatic N) is 1. The van der Waals surface area contributed by atoms with Crippen LogP contribution in [0, 0.1) is 5.92 Å². The topological polar surface area (TPSA) is 69.6 Å². The molecule has 2 N–H and O–H groups in total. The summed E-state index contributed by atoms with van der Waals surface area (Å²) in [4.78, 5) is 26.0. The van der Waals surface area contributed by atoms with Gasteiger partial charge in [0.2, 0.25) is 5.91 Å². The van der Waals surface area contributed by atoms with Crippen LogP contribution in [0.15, 0.2) is 48.5 Å². The lowest BCUT2D eigenvalue weighted by Gasteiger charge is -2.24. The molecule has 0 radical (unpaired) electrons. The summed E-state index contributed by atoms with van der Waals surface area (Å²) in [6, 6.07) is 16.1. The highest BCUT2D eigenvalue weighted by Gasteiger charge is 2.31. The van der Waals surface area contributed by atoms with Crippen LogP contribution in [0.4, 0.5) is 5.69 Å². The Kier molecular flexibility index (Phi) is 5.56. The zero-order chi connectivity index (χ0) is 18.5. The molecular formula is C21H24N2O3. The molecule has 3 rings (SSSR count). The van der Waals surface area contributed by atoms with Gasteiger partial charge in [-0.15, -0.1) is 0 Å². The second-order valence-corrected chi connectivity index (χ2v) is 6.73. The van der Waals surface area contributed by atoms with E-state index in [1.54, 1.807) is 0 Å². The van der Waals surface area contributed by atoms with E-state index in [0.29, 0.717) is 19.5 Å². The molecule has 1 unspecified atom stereocenters. The molecule has 0 fully saturated rings. The van der Waals surface area contributed by atoms with Crippen LogP contribution < -0.4 is 5.32 Å². The van der Waals surface area contributed by atoms with Crippen LogP contribution in [0.2, 0.25) is 0 Å². The van der Waals surface area contributed by atoms with E-state index in [4.69, 9.17) is 0 Å². The maximum absolute atomic E-state index is 13.0. The predicted octanol–water partition coefficient (Wildman–Crippen LogP) is 2.95. The van der Waals surface area contributed by atoms with Gasteiger partial charge in [0.05, 0.1) is 12.3 Å². The van der Waals surface area contributed by atoms with Crippen LogP contribution in [0.3, 0.4) is 0 Å². The zero-order valence-corrected chi connectivity index (χ0v) is 14.9. The van der Waals surface area contributed by atoms with Gasteiger partial charge in [-0.2, -0.15) is 0 Å². The first-order valence-corrected chi connectivity index (χ1v) is 8.91. The largest absolute Gasteiger partial charge is 0.481 e. The Morgan fingerprint density at radius 2 is 1.96 bits per heavy atom. The van der Waals surface area contributed by atoms with Gasteiger partial charge in [-0.3, -0.25) is 9.59 Å². The van der Waals surface area contributed by atoms with E-state index in [1.165, 1.54) is 5.56 Å². The number of carboxylic acids is 1. The second-order valence-electron chi connectivity index (χ2n) is 6.73. The van der Waals surface area contributed by atoms with Gasteiger partial charge >= 0.3 is 5.97 Å². The first-order chi connectivity index (χ1) is 12.6. The van der Waals surface area contributed by atoms with Gasteiger partial charge in [0.25, 0.3) is 0 Å². The summed E-state index contributed by atoms with van der Waals surface area (Å²) >= 11 is 0. The highest BCUT2D eigenvalue weighted by atomic mass is 16.4. The van der Waals surface area contributed by atoms with Gasteiger partial charge < -0.3 is 15.3 Å². The summed E-state index contributed by atoms with van der Waals surface area (Å²) in [7, 11) is 1.85. The molecule has 26 heavy (non-hydrogen) atoms. The van der Waals surface area contributed by atoms with Crippen molar-refractivity contribution in [3.8, 4) is 0 Å². The first kappa shape index (κ1) is 18.0. The molecular weight excluding hydrogens is 328 g/mol. The molecule has 1 amide bonds. The molecule has 1 aliphatic rings. The monoisotopic (exact) mass is 352 g/mol. The Bertz CT molecular complexity index is 789. The smallest absolute Gasteiger partial charge is 0.304 e. The molecule has 136 valence electrons. The number of aliphatic carboxylic acids is 1. The third kappa shape index (κ3) is 4.23. The van der Waals surface area contributed by atoms with Crippen molar-refractivity contribution >= 4 is 17.6 Å². The van der Waals surface area contributed by atoms with Crippen molar-refractivity contribution in [3.05, 3.63) is 65.2 Å². The van der Waals surface area contributed by atoms with Gasteiger partial charge in [-0.1, -0.05) is 36.4 Å². The Hall–Kier alpha value is -2.82. The van der Waals surface area contributed by atoms with Gasteiger partial charge in [0.1, 0.15) is 0 Å². The van der Waals surface area contributed by atoms with Crippen molar-refractivity contribution in [1.29, 1.82) is 0 Å². The number of rotatable bonds is 6. The first-order valence-electron chi connectivity index (χ1n) is 8.91. The van der Waals surface area contributed by atoms with Gasteiger partial charge in [-0.05, 0) is 41.7 Å². The maximum Gasteiger partial charge on any atom is 0.304 e. The van der Waals surface area contributed by atoms with E-state index in [1.807, 2.05) is 60.5 Å². The Morgan fingerprint density at radius 3 is 2.65 bits per heavy atom. The van der Waals surface area contributed by atoms with E-state index in [0.717, 1.165) is 23.2 Å². The van der Waals surface area contributed by atoms with Crippen LogP contribution in [0.1, 0.15) is 23.1 Å². The molecule has 0 aliphatic carbocycles. The Balaban J connectivity index is 1.84. The number of carbonyl (C=O) groups is 2. The maximum atomic E-state index is 13.0. The lowest BCUT2D eigenvalue weighted by molar-refractivity contribution is -0.144. The predicted molar refractivity (Wildman–Crippen MR) is 101 cm³/mol. The number of anilines is 1. The SMILES string of the molecule is CNc1ccc2c(c1)CC(CC(=O)O)C(=O)N(CCc1ccccc1)C2. The lowest BCUT2D eigenvalue weighted by atomic mass is 9.94. The fraction of sp³-hybridized carbons (Fsp3) is 0.333. The Morgan fingerprint density at radius 1 is 1.19 bits per heavy atom. The van der Waals surface area contributed by atoms with Gasteiger partial charge in [-0.25, -0.2) is 0 Å². The quantitative estimate of drug-likeness (QED) is 0.839. The summed E-state index contributed by atoms with van der Waals surface area (Å²) in [5.41, 5.74) is 4.30. The summed E-state index contributed by atoms with van der Waals surface area (Å²) in [6.07, 6.45) is 1.10. The van der Waals surface area contributed by atoms with Crippen molar-refractivity contribution in [2.24, 2.45) is 5.92 Å². The van der Waals surface area contributed by atoms with Crippen molar-refractivity contribution in [2.45, 2.75) is 25.8 Å². The third-order valence-electron chi connectivity index (χ3n) is 4.92. The van der Waals surface area contributed by atoms with Gasteiger partial charge in [0, 0.05) is 25.8 Å². The molecule has 2 aromatic carbocycles. The molecule has 0 saturated carbocycles. The number of nitrogens with one attached hydrogen (secondary N) is 1. The molecule has 5 nitrogen and oxygen atoms in total. The molecule has 1 atom stereocenters. The van der Waals surface area contributed by atoms with E-state index in [9.17, 15) is 14.7 Å². The van der Waals surface area contributed by atoms with Crippen molar-refractivity contribution in [1.82, 2.24) is 4.90 Å². The van der Waals surface area contributed by atoms with Crippen LogP contribution in [0.5, 0.6) is 0 Å². The van der Waals surface area contributed by atoms with Crippen LogP contribution in [-0.2, 0) is 29.0 Å². The van der Waals surface area contributed by atoms with Crippen molar-refractivity contribution in [2.75, 3.05) is 18.9 Å². The molecule has 0 aromatic heterocycles. The van der Waals surface area contributed by atoms with Gasteiger partial charge in [0.15, 0.2) is 0 Å². The number of fused-ring (bicyclic) bond motifs is 1. The molecule has 5 heteroatoms. The van der Waals surface area contributed by atoms with Crippen LogP contribution in [-0.4, -0.2) is 35.5 Å². The van der Waals surface area contributed by atoms with Crippen LogP contribution >= 0.6 is 0 Å². The normalized spacial score (nSPS) is 16.7. The minimum absolute atomic E-state index is 0.0643. The second kappa shape index (κ2) is 8.04. The fourth-order valence-electron chi connectivity index (χ4n) is 3.49. The summed E-state index contributed by atoms with van der Waals surface area (Å²) in [6.45, 7) is 1.12. The number of carbonyl (C=O) groups excluding carboxylic acids is 1. The molecule has 0 bridgehead atoms. The van der Waals surface area contributed by atoms with E-state index >= 15 is 0 Å². The third-order valence-corrected chi connectivity index (χ3v) is 4.92. The summed E-state index contributed by atoms with van der Waals surface area (Å²) in [5.74, 6) is -1.51. The lowest BCUT2D eigenvalue weighted by Crippen LogP contribution is -2.37. The average molecular weight is 352 g/mol. The summed E-state index contributed by atoms with van der Waals surface area (Å²) < 4.78 is 0. The van der Waals surface area contributed by atoms with E-state index in [2.05, 4.69) is 5.32 Å². The Labute approximate surface area is 153 Å². The molecule has 2 aromatic rings. The zero-order valence-electron chi connectivity index (χ0n) is 14.9. The number of hydrogen-bond donors (Lipinski definition) is 2. The number of amides is 1. The van der Waals surface area contributed by atoms with Crippen LogP contribution in [0.25, 0.3) is 0 Å². The number of benzene rings is 2. The standard InChI is InChI=1S/C21H24N2O3/c1-22-19-8-7-16-14-23(10-9-15-5-3-2-4-6-15)21(26)18(13-20(24)25)11-17(16)12-19/h2-8,12,18,22H,9-11,13-14H2,1H3,(H,24,25). The highest BCUT2D eigenvalue weighted by molar-refractivity contribution is 5.84. The van der Waals surface area contributed by atoms with E-state index in [-0.39, 0.29) is 12.3 Å². The molecule has 1 aliphatic heterocycles. The molecule has 1 heterocycles. The van der Waals surface area contributed by atoms with Crippen molar-refractivity contribution in [3.63, 3.8) is 0 Å². The highest BCUT2D eigenvalue weighted by Crippen LogP contribution is 2.27. The van der Waals surface area contributed by atoms with E-state index < -0.39 is 11.9 Å². The number of hydrogen-bond acceptors (Lipinski definition) is 3. The minimum atomic E-state index is -0.931. The van der Waals surface area contributed by atoms with Crippen molar-refractivity contribution < 1.29 is 14.7 Å². The summed E-state index contributed by atoms with van der Waals surface area (Å²) in [5, 5.41) is 12.3. The number of carboxylic acid groups (broad SMARTS) is 1.